The van der Waals surface area contributed by atoms with E-state index < -0.39 is 0 Å². The van der Waals surface area contributed by atoms with Crippen LogP contribution >= 0.6 is 15.9 Å². The van der Waals surface area contributed by atoms with Crippen molar-refractivity contribution in [3.8, 4) is 11.8 Å². The van der Waals surface area contributed by atoms with Gasteiger partial charge in [-0.25, -0.2) is 0 Å². The molecule has 0 heterocycles. The fraction of sp³-hybridized carbons (Fsp3) is 0.778. The van der Waals surface area contributed by atoms with Gasteiger partial charge in [-0.05, 0) is 12.8 Å². The molecule has 10 heavy (non-hydrogen) atoms. The van der Waals surface area contributed by atoms with Gasteiger partial charge in [0.1, 0.15) is 0 Å². The maximum atomic E-state index is 3.53. The molecule has 0 N–H and O–H groups in total. The second-order valence-corrected chi connectivity index (χ2v) is 3.85. The first-order chi connectivity index (χ1) is 4.89. The molecule has 0 radical (unpaired) electrons. The largest absolute Gasteiger partial charge is 0.102 e. The second kappa shape index (κ2) is 4.79. The van der Waals surface area contributed by atoms with Crippen molar-refractivity contribution in [3.63, 3.8) is 0 Å². The van der Waals surface area contributed by atoms with Crippen molar-refractivity contribution in [3.05, 3.63) is 0 Å². The van der Waals surface area contributed by atoms with Crippen LogP contribution in [0.15, 0.2) is 0 Å². The zero-order valence-corrected chi connectivity index (χ0v) is 7.78. The summed E-state index contributed by atoms with van der Waals surface area (Å²) in [6.45, 7) is 0. The molecule has 0 fully saturated rings. The van der Waals surface area contributed by atoms with Gasteiger partial charge >= 0.3 is 0 Å². The molecule has 0 spiro atoms. The molecule has 56 valence electrons. The van der Waals surface area contributed by atoms with E-state index in [1.807, 2.05) is 0 Å². The summed E-state index contributed by atoms with van der Waals surface area (Å²) in [5, 5.41) is 0. The summed E-state index contributed by atoms with van der Waals surface area (Å²) in [6.07, 6.45) is 7.71. The average molecular weight is 201 g/mol. The molecule has 0 aromatic carbocycles. The third kappa shape index (κ3) is 3.27. The van der Waals surface area contributed by atoms with Crippen LogP contribution in [0.25, 0.3) is 0 Å². The first kappa shape index (κ1) is 8.14. The highest BCUT2D eigenvalue weighted by molar-refractivity contribution is 9.09. The van der Waals surface area contributed by atoms with Crippen molar-refractivity contribution in [2.24, 2.45) is 0 Å². The summed E-state index contributed by atoms with van der Waals surface area (Å²) in [4.78, 5) is 0.464. The van der Waals surface area contributed by atoms with Crippen LogP contribution in [0.5, 0.6) is 0 Å². The highest BCUT2D eigenvalue weighted by Crippen LogP contribution is 2.13. The summed E-state index contributed by atoms with van der Waals surface area (Å²) >= 11 is 3.53. The molecule has 1 aliphatic rings. The smallest absolute Gasteiger partial charge is 0.0754 e. The van der Waals surface area contributed by atoms with Gasteiger partial charge in [0, 0.05) is 6.42 Å². The summed E-state index contributed by atoms with van der Waals surface area (Å²) in [7, 11) is 0. The zero-order valence-electron chi connectivity index (χ0n) is 6.20. The SMILES string of the molecule is BrC1C#CCCCCCC1. The van der Waals surface area contributed by atoms with E-state index in [1.54, 1.807) is 0 Å². The lowest BCUT2D eigenvalue weighted by Gasteiger charge is -1.98. The molecule has 0 amide bonds. The van der Waals surface area contributed by atoms with Gasteiger partial charge in [-0.3, -0.25) is 0 Å². The highest BCUT2D eigenvalue weighted by atomic mass is 79.9. The van der Waals surface area contributed by atoms with Gasteiger partial charge in [0.2, 0.25) is 0 Å². The summed E-state index contributed by atoms with van der Waals surface area (Å²) in [5.41, 5.74) is 0. The Bertz CT molecular complexity index is 141. The third-order valence-electron chi connectivity index (χ3n) is 1.77. The lowest BCUT2D eigenvalue weighted by Crippen LogP contribution is -1.91. The van der Waals surface area contributed by atoms with Gasteiger partial charge in [0.15, 0.2) is 0 Å². The van der Waals surface area contributed by atoms with Crippen LogP contribution in [0, 0.1) is 11.8 Å². The van der Waals surface area contributed by atoms with E-state index in [0.29, 0.717) is 4.83 Å². The highest BCUT2D eigenvalue weighted by Gasteiger charge is 1.99. The fourth-order valence-electron chi connectivity index (χ4n) is 1.15. The summed E-state index contributed by atoms with van der Waals surface area (Å²) < 4.78 is 0. The van der Waals surface area contributed by atoms with E-state index in [1.165, 1.54) is 32.1 Å². The summed E-state index contributed by atoms with van der Waals surface area (Å²) in [6, 6.07) is 0. The van der Waals surface area contributed by atoms with E-state index >= 15 is 0 Å². The van der Waals surface area contributed by atoms with Crippen LogP contribution < -0.4 is 0 Å². The van der Waals surface area contributed by atoms with Gasteiger partial charge in [0.25, 0.3) is 0 Å². The Balaban J connectivity index is 2.33. The first-order valence-electron chi connectivity index (χ1n) is 4.02. The number of halogens is 1. The Hall–Kier alpha value is 0.0400. The molecule has 1 unspecified atom stereocenters. The van der Waals surface area contributed by atoms with Gasteiger partial charge in [0.05, 0.1) is 4.83 Å². The van der Waals surface area contributed by atoms with Crippen LogP contribution in [0.2, 0.25) is 0 Å². The average Bonchev–Trinajstić information content (AvgIpc) is 2.02. The maximum absolute atomic E-state index is 3.53. The monoisotopic (exact) mass is 200 g/mol. The molecule has 0 bridgehead atoms. The molecule has 0 aromatic rings. The van der Waals surface area contributed by atoms with E-state index in [0.717, 1.165) is 6.42 Å². The normalized spacial score (nSPS) is 27.1. The van der Waals surface area contributed by atoms with E-state index in [2.05, 4.69) is 27.8 Å². The van der Waals surface area contributed by atoms with Gasteiger partial charge < -0.3 is 0 Å². The minimum Gasteiger partial charge on any atom is -0.102 e. The van der Waals surface area contributed by atoms with Crippen molar-refractivity contribution >= 4 is 15.9 Å². The minimum atomic E-state index is 0.464. The van der Waals surface area contributed by atoms with Crippen LogP contribution in [0.4, 0.5) is 0 Å². The van der Waals surface area contributed by atoms with Crippen molar-refractivity contribution in [1.82, 2.24) is 0 Å². The zero-order chi connectivity index (χ0) is 7.23. The number of alkyl halides is 1. The molecule has 0 aliphatic heterocycles. The van der Waals surface area contributed by atoms with Crippen LogP contribution in [0.1, 0.15) is 38.5 Å². The number of rotatable bonds is 0. The Morgan fingerprint density at radius 2 is 1.90 bits per heavy atom. The number of hydrogen-bond donors (Lipinski definition) is 0. The third-order valence-corrected chi connectivity index (χ3v) is 2.45. The van der Waals surface area contributed by atoms with Crippen molar-refractivity contribution < 1.29 is 0 Å². The minimum absolute atomic E-state index is 0.464. The molecule has 1 aliphatic carbocycles. The number of hydrogen-bond acceptors (Lipinski definition) is 0. The molecule has 0 saturated heterocycles. The standard InChI is InChI=1S/C9H13Br/c10-9-7-5-3-1-2-4-6-8-9/h9H,1-5,7H2. The molecule has 0 saturated carbocycles. The van der Waals surface area contributed by atoms with E-state index in [9.17, 15) is 0 Å². The van der Waals surface area contributed by atoms with Gasteiger partial charge in [-0.15, -0.1) is 5.92 Å². The molecular formula is C9H13Br. The van der Waals surface area contributed by atoms with E-state index in [-0.39, 0.29) is 0 Å². The molecular weight excluding hydrogens is 188 g/mol. The Morgan fingerprint density at radius 1 is 1.10 bits per heavy atom. The Morgan fingerprint density at radius 3 is 2.80 bits per heavy atom. The van der Waals surface area contributed by atoms with Crippen molar-refractivity contribution in [2.75, 3.05) is 0 Å². The predicted octanol–water partition coefficient (Wildman–Crippen LogP) is 3.11. The molecule has 0 aromatic heterocycles. The van der Waals surface area contributed by atoms with Crippen LogP contribution in [-0.4, -0.2) is 4.83 Å². The lowest BCUT2D eigenvalue weighted by molar-refractivity contribution is 0.639. The second-order valence-electron chi connectivity index (χ2n) is 2.74. The Kier molecular flexibility index (Phi) is 3.90. The first-order valence-corrected chi connectivity index (χ1v) is 4.93. The fourth-order valence-corrected chi connectivity index (χ4v) is 1.63. The molecule has 0 nitrogen and oxygen atoms in total. The predicted molar refractivity (Wildman–Crippen MR) is 48.2 cm³/mol. The van der Waals surface area contributed by atoms with E-state index in [4.69, 9.17) is 0 Å². The van der Waals surface area contributed by atoms with Crippen LogP contribution in [-0.2, 0) is 0 Å². The van der Waals surface area contributed by atoms with Gasteiger partial charge in [-0.2, -0.15) is 0 Å². The van der Waals surface area contributed by atoms with Crippen molar-refractivity contribution in [2.45, 2.75) is 43.4 Å². The van der Waals surface area contributed by atoms with Crippen molar-refractivity contribution in [1.29, 1.82) is 0 Å². The molecule has 1 atom stereocenters. The quantitative estimate of drug-likeness (QED) is 0.417. The summed E-state index contributed by atoms with van der Waals surface area (Å²) in [5.74, 6) is 6.37. The Labute approximate surface area is 71.5 Å². The maximum Gasteiger partial charge on any atom is 0.0754 e. The van der Waals surface area contributed by atoms with Crippen LogP contribution in [0.3, 0.4) is 0 Å². The molecule has 1 heteroatoms. The lowest BCUT2D eigenvalue weighted by atomic mass is 10.1. The molecule has 1 rings (SSSR count). The topological polar surface area (TPSA) is 0 Å². The van der Waals surface area contributed by atoms with Gasteiger partial charge in [-0.1, -0.05) is 41.1 Å².